The minimum absolute atomic E-state index is 0.982. The summed E-state index contributed by atoms with van der Waals surface area (Å²) in [7, 11) is 0. The van der Waals surface area contributed by atoms with Crippen molar-refractivity contribution in [3.63, 3.8) is 0 Å². The van der Waals surface area contributed by atoms with Crippen molar-refractivity contribution in [3.8, 4) is 0 Å². The molecule has 0 saturated heterocycles. The van der Waals surface area contributed by atoms with E-state index >= 15 is 0 Å². The number of hydrogen-bond acceptors (Lipinski definition) is 1. The lowest BCUT2D eigenvalue weighted by Gasteiger charge is -2.01. The largest absolute Gasteiger partial charge is 0.361 e. The summed E-state index contributed by atoms with van der Waals surface area (Å²) in [6, 6.07) is 8.59. The number of hydrogen-bond donors (Lipinski definition) is 1. The van der Waals surface area contributed by atoms with E-state index in [1.807, 2.05) is 12.4 Å². The molecule has 0 bridgehead atoms. The molecule has 0 fully saturated rings. The van der Waals surface area contributed by atoms with Gasteiger partial charge in [-0.15, -0.1) is 0 Å². The van der Waals surface area contributed by atoms with Crippen molar-refractivity contribution in [3.05, 3.63) is 42.2 Å². The number of aromatic amines is 1. The smallest absolute Gasteiger partial charge is 0.0454 e. The van der Waals surface area contributed by atoms with E-state index in [0.29, 0.717) is 0 Å². The zero-order valence-corrected chi connectivity index (χ0v) is 8.62. The maximum Gasteiger partial charge on any atom is 0.0454 e. The quantitative estimate of drug-likeness (QED) is 0.724. The first kappa shape index (κ1) is 8.48. The molecule has 0 radical (unpaired) electrons. The second-order valence-electron chi connectivity index (χ2n) is 3.98. The number of nitrogens with zero attached hydrogens (tertiary/aromatic N) is 1. The fourth-order valence-corrected chi connectivity index (χ4v) is 1.98. The molecule has 1 aromatic carbocycles. The fourth-order valence-electron chi connectivity index (χ4n) is 1.98. The van der Waals surface area contributed by atoms with E-state index in [2.05, 4.69) is 41.2 Å². The summed E-state index contributed by atoms with van der Waals surface area (Å²) < 4.78 is 0. The summed E-state index contributed by atoms with van der Waals surface area (Å²) >= 11 is 0. The minimum Gasteiger partial charge on any atom is -0.361 e. The van der Waals surface area contributed by atoms with E-state index in [4.69, 9.17) is 0 Å². The zero-order valence-electron chi connectivity index (χ0n) is 8.62. The molecule has 0 atom stereocenters. The highest BCUT2D eigenvalue weighted by atomic mass is 14.7. The van der Waals surface area contributed by atoms with Crippen LogP contribution in [0, 0.1) is 0 Å². The summed E-state index contributed by atoms with van der Waals surface area (Å²) in [5.74, 6) is 0. The maximum atomic E-state index is 4.31. The van der Waals surface area contributed by atoms with Gasteiger partial charge in [-0.3, -0.25) is 4.99 Å². The van der Waals surface area contributed by atoms with Crippen molar-refractivity contribution in [1.82, 2.24) is 4.98 Å². The number of allylic oxidation sites excluding steroid dienone is 1. The van der Waals surface area contributed by atoms with Crippen LogP contribution in [0.1, 0.15) is 18.9 Å². The minimum atomic E-state index is 0.982. The molecule has 15 heavy (non-hydrogen) atoms. The number of H-pyrrole nitrogens is 1. The molecule has 0 spiro atoms. The molecule has 1 aliphatic rings. The number of fused-ring (bicyclic) bond motifs is 1. The Balaban J connectivity index is 2.05. The van der Waals surface area contributed by atoms with Crippen LogP contribution < -0.4 is 0 Å². The van der Waals surface area contributed by atoms with Gasteiger partial charge in [0.1, 0.15) is 0 Å². The molecule has 2 nitrogen and oxygen atoms in total. The van der Waals surface area contributed by atoms with E-state index in [-0.39, 0.29) is 0 Å². The maximum absolute atomic E-state index is 4.31. The molecule has 2 aromatic rings. The third kappa shape index (κ3) is 1.38. The van der Waals surface area contributed by atoms with Gasteiger partial charge in [-0.2, -0.15) is 0 Å². The van der Waals surface area contributed by atoms with Gasteiger partial charge < -0.3 is 4.98 Å². The molecule has 0 amide bonds. The van der Waals surface area contributed by atoms with Gasteiger partial charge in [0.05, 0.1) is 0 Å². The van der Waals surface area contributed by atoms with Crippen LogP contribution in [0.4, 0.5) is 0 Å². The van der Waals surface area contributed by atoms with Gasteiger partial charge in [0, 0.05) is 30.0 Å². The standard InChI is InChI=1S/C13H12N2/c1-9-6-12(8-15-9)10-2-3-13-11(7-10)4-5-14-13/h2-5,7-8,14H,6H2,1H3. The predicted octanol–water partition coefficient (Wildman–Crippen LogP) is 3.37. The lowest BCUT2D eigenvalue weighted by Crippen LogP contribution is -1.87. The van der Waals surface area contributed by atoms with Crippen molar-refractivity contribution in [2.75, 3.05) is 0 Å². The van der Waals surface area contributed by atoms with Gasteiger partial charge in [0.15, 0.2) is 0 Å². The van der Waals surface area contributed by atoms with Gasteiger partial charge in [0.2, 0.25) is 0 Å². The summed E-state index contributed by atoms with van der Waals surface area (Å²) in [6.07, 6.45) is 4.93. The van der Waals surface area contributed by atoms with E-state index in [9.17, 15) is 0 Å². The van der Waals surface area contributed by atoms with Crippen LogP contribution in [0.3, 0.4) is 0 Å². The molecule has 1 aliphatic heterocycles. The van der Waals surface area contributed by atoms with Gasteiger partial charge in [-0.1, -0.05) is 6.07 Å². The number of aromatic nitrogens is 1. The lowest BCUT2D eigenvalue weighted by molar-refractivity contribution is 1.46. The first-order valence-electron chi connectivity index (χ1n) is 5.13. The van der Waals surface area contributed by atoms with Gasteiger partial charge in [-0.25, -0.2) is 0 Å². The average molecular weight is 196 g/mol. The van der Waals surface area contributed by atoms with Crippen LogP contribution in [0.2, 0.25) is 0 Å². The Morgan fingerprint density at radius 1 is 1.27 bits per heavy atom. The molecule has 0 unspecified atom stereocenters. The fraction of sp³-hybridized carbons (Fsp3) is 0.154. The number of rotatable bonds is 1. The summed E-state index contributed by atoms with van der Waals surface area (Å²) in [5.41, 5.74) is 4.98. The third-order valence-electron chi connectivity index (χ3n) is 2.81. The van der Waals surface area contributed by atoms with E-state index < -0.39 is 0 Å². The van der Waals surface area contributed by atoms with E-state index in [1.54, 1.807) is 0 Å². The van der Waals surface area contributed by atoms with Crippen LogP contribution in [0.25, 0.3) is 16.5 Å². The number of nitrogens with one attached hydrogen (secondary N) is 1. The SMILES string of the molecule is CC1=NC=C(c2ccc3[nH]ccc3c2)C1. The lowest BCUT2D eigenvalue weighted by atomic mass is 10.0. The first-order chi connectivity index (χ1) is 7.33. The second kappa shape index (κ2) is 3.09. The van der Waals surface area contributed by atoms with E-state index in [0.717, 1.165) is 6.42 Å². The summed E-state index contributed by atoms with van der Waals surface area (Å²) in [6.45, 7) is 2.07. The van der Waals surface area contributed by atoms with Crippen molar-refractivity contribution in [2.45, 2.75) is 13.3 Å². The van der Waals surface area contributed by atoms with Gasteiger partial charge >= 0.3 is 0 Å². The highest BCUT2D eigenvalue weighted by molar-refractivity contribution is 5.97. The van der Waals surface area contributed by atoms with Crippen LogP contribution >= 0.6 is 0 Å². The van der Waals surface area contributed by atoms with Gasteiger partial charge in [-0.05, 0) is 41.6 Å². The number of benzene rings is 1. The van der Waals surface area contributed by atoms with Crippen LogP contribution in [0.15, 0.2) is 41.7 Å². The Hall–Kier alpha value is -1.83. The van der Waals surface area contributed by atoms with Crippen molar-refractivity contribution >= 4 is 22.2 Å². The molecular formula is C13H12N2. The molecule has 3 rings (SSSR count). The molecule has 74 valence electrons. The molecule has 2 heteroatoms. The average Bonchev–Trinajstić information content (AvgIpc) is 2.84. The highest BCUT2D eigenvalue weighted by Gasteiger charge is 2.08. The molecular weight excluding hydrogens is 184 g/mol. The number of aliphatic imine (C=N–C) groups is 1. The topological polar surface area (TPSA) is 28.1 Å². The van der Waals surface area contributed by atoms with Crippen molar-refractivity contribution in [1.29, 1.82) is 0 Å². The Morgan fingerprint density at radius 3 is 3.00 bits per heavy atom. The third-order valence-corrected chi connectivity index (χ3v) is 2.81. The second-order valence-corrected chi connectivity index (χ2v) is 3.98. The summed E-state index contributed by atoms with van der Waals surface area (Å²) in [5, 5.41) is 1.26. The molecule has 1 N–H and O–H groups in total. The molecule has 1 aromatic heterocycles. The molecule has 0 saturated carbocycles. The Labute approximate surface area is 88.3 Å². The zero-order chi connectivity index (χ0) is 10.3. The normalized spacial score (nSPS) is 15.5. The Kier molecular flexibility index (Phi) is 1.75. The summed E-state index contributed by atoms with van der Waals surface area (Å²) in [4.78, 5) is 7.51. The van der Waals surface area contributed by atoms with Crippen LogP contribution in [-0.4, -0.2) is 10.7 Å². The Morgan fingerprint density at radius 2 is 2.20 bits per heavy atom. The van der Waals surface area contributed by atoms with E-state index in [1.165, 1.54) is 27.8 Å². The van der Waals surface area contributed by atoms with Gasteiger partial charge in [0.25, 0.3) is 0 Å². The monoisotopic (exact) mass is 196 g/mol. The van der Waals surface area contributed by atoms with Crippen molar-refractivity contribution in [2.24, 2.45) is 4.99 Å². The predicted molar refractivity (Wildman–Crippen MR) is 64.0 cm³/mol. The Bertz CT molecular complexity index is 573. The molecule has 0 aliphatic carbocycles. The van der Waals surface area contributed by atoms with Crippen LogP contribution in [0.5, 0.6) is 0 Å². The highest BCUT2D eigenvalue weighted by Crippen LogP contribution is 2.26. The molecule has 2 heterocycles. The van der Waals surface area contributed by atoms with Crippen LogP contribution in [-0.2, 0) is 0 Å². The first-order valence-corrected chi connectivity index (χ1v) is 5.13. The van der Waals surface area contributed by atoms with Crippen molar-refractivity contribution < 1.29 is 0 Å².